The van der Waals surface area contributed by atoms with Gasteiger partial charge in [0.2, 0.25) is 5.56 Å². The van der Waals surface area contributed by atoms with Crippen molar-refractivity contribution >= 4 is 32.9 Å². The second kappa shape index (κ2) is 16.8. The first-order valence-corrected chi connectivity index (χ1v) is 15.8. The van der Waals surface area contributed by atoms with Crippen LogP contribution in [0.5, 0.6) is 11.5 Å². The molecule has 0 spiro atoms. The minimum Gasteiger partial charge on any atom is -0.506 e. The van der Waals surface area contributed by atoms with Gasteiger partial charge < -0.3 is 35.7 Å². The zero-order valence-electron chi connectivity index (χ0n) is 24.6. The highest BCUT2D eigenvalue weighted by molar-refractivity contribution is 9.10. The maximum Gasteiger partial charge on any atom is 0.405 e. The van der Waals surface area contributed by atoms with Gasteiger partial charge in [0.1, 0.15) is 11.5 Å². The van der Waals surface area contributed by atoms with Crippen molar-refractivity contribution in [1.29, 1.82) is 0 Å². The molecule has 0 fully saturated rings. The van der Waals surface area contributed by atoms with Crippen molar-refractivity contribution in [2.24, 2.45) is 0 Å². The van der Waals surface area contributed by atoms with Crippen LogP contribution in [0.25, 0.3) is 10.9 Å². The van der Waals surface area contributed by atoms with Gasteiger partial charge in [-0.3, -0.25) is 4.79 Å². The number of aliphatic hydroxyl groups excluding tert-OH is 1. The molecule has 234 valence electrons. The molecule has 4 aromatic rings. The van der Waals surface area contributed by atoms with Crippen LogP contribution in [0.4, 0.5) is 4.79 Å². The van der Waals surface area contributed by atoms with Crippen molar-refractivity contribution in [2.45, 2.75) is 57.1 Å². The number of hydrogen-bond acceptors (Lipinski definition) is 6. The van der Waals surface area contributed by atoms with Gasteiger partial charge in [-0.1, -0.05) is 84.4 Å². The average Bonchev–Trinajstić information content (AvgIpc) is 3.02. The number of halogens is 1. The molecule has 6 N–H and O–H groups in total. The fourth-order valence-corrected chi connectivity index (χ4v) is 5.74. The number of pyridine rings is 1. The summed E-state index contributed by atoms with van der Waals surface area (Å²) in [5.41, 5.74) is 2.35. The average molecular weight is 667 g/mol. The highest BCUT2D eigenvalue weighted by Gasteiger charge is 2.20. The molecule has 4 rings (SSSR count). The van der Waals surface area contributed by atoms with Gasteiger partial charge in [-0.15, -0.1) is 0 Å². The van der Waals surface area contributed by atoms with Gasteiger partial charge in [0.15, 0.2) is 0 Å². The molecule has 9 nitrogen and oxygen atoms in total. The van der Waals surface area contributed by atoms with E-state index in [1.807, 2.05) is 48.5 Å². The van der Waals surface area contributed by atoms with Crippen molar-refractivity contribution in [3.8, 4) is 11.5 Å². The first-order valence-electron chi connectivity index (χ1n) is 15.0. The number of aliphatic hydroxyl groups is 1. The molecule has 1 heterocycles. The smallest absolute Gasteiger partial charge is 0.405 e. The molecule has 44 heavy (non-hydrogen) atoms. The number of H-pyrrole nitrogens is 1. The second-order valence-corrected chi connectivity index (χ2v) is 11.7. The Morgan fingerprint density at radius 1 is 0.886 bits per heavy atom. The second-order valence-electron chi connectivity index (χ2n) is 10.8. The Bertz CT molecular complexity index is 1560. The molecule has 0 radical (unpaired) electrons. The number of unbranched alkanes of at least 4 members (excludes halogenated alkanes) is 6. The number of carboxylic acid groups (broad SMARTS) is 1. The van der Waals surface area contributed by atoms with Crippen LogP contribution in [0.1, 0.15) is 73.8 Å². The molecule has 0 aliphatic carbocycles. The summed E-state index contributed by atoms with van der Waals surface area (Å²) in [6.45, 7) is 1.80. The number of phenols is 1. The van der Waals surface area contributed by atoms with E-state index in [0.29, 0.717) is 35.4 Å². The molecule has 3 aromatic carbocycles. The van der Waals surface area contributed by atoms with Crippen LogP contribution in [-0.4, -0.2) is 46.1 Å². The minimum absolute atomic E-state index is 0.0164. The van der Waals surface area contributed by atoms with Gasteiger partial charge in [-0.25, -0.2) is 4.79 Å². The number of aromatic amines is 1. The Kier molecular flexibility index (Phi) is 12.6. The van der Waals surface area contributed by atoms with E-state index in [1.54, 1.807) is 12.1 Å². The van der Waals surface area contributed by atoms with Gasteiger partial charge in [0.05, 0.1) is 24.3 Å². The van der Waals surface area contributed by atoms with Crippen molar-refractivity contribution in [3.63, 3.8) is 0 Å². The number of fused-ring (bicyclic) bond motifs is 1. The number of rotatable bonds is 17. The van der Waals surface area contributed by atoms with E-state index in [1.165, 1.54) is 12.1 Å². The minimum atomic E-state index is -1.09. The topological polar surface area (TPSA) is 144 Å². The quantitative estimate of drug-likeness (QED) is 0.0682. The largest absolute Gasteiger partial charge is 0.506 e. The number of aromatic nitrogens is 1. The Labute approximate surface area is 265 Å². The van der Waals surface area contributed by atoms with E-state index in [0.717, 1.165) is 67.1 Å². The zero-order chi connectivity index (χ0) is 31.3. The lowest BCUT2D eigenvalue weighted by Crippen LogP contribution is -2.27. The maximum absolute atomic E-state index is 11.6. The van der Waals surface area contributed by atoms with Crippen LogP contribution in [0.15, 0.2) is 82.1 Å². The number of amides is 1. The summed E-state index contributed by atoms with van der Waals surface area (Å²) >= 11 is 3.56. The van der Waals surface area contributed by atoms with Gasteiger partial charge >= 0.3 is 6.09 Å². The van der Waals surface area contributed by atoms with Crippen LogP contribution < -0.4 is 20.9 Å². The highest BCUT2D eigenvalue weighted by Crippen LogP contribution is 2.32. The first kappa shape index (κ1) is 33.0. The molecule has 10 heteroatoms. The molecule has 1 unspecified atom stereocenters. The Morgan fingerprint density at radius 3 is 2.36 bits per heavy atom. The van der Waals surface area contributed by atoms with Crippen LogP contribution in [0.2, 0.25) is 0 Å². The third-order valence-corrected chi connectivity index (χ3v) is 8.27. The Balaban J connectivity index is 1.09. The summed E-state index contributed by atoms with van der Waals surface area (Å²) in [6.07, 6.45) is 5.75. The van der Waals surface area contributed by atoms with Crippen molar-refractivity contribution in [2.75, 3.05) is 19.7 Å². The van der Waals surface area contributed by atoms with E-state index < -0.39 is 18.2 Å². The first-order chi connectivity index (χ1) is 21.3. The fourth-order valence-electron chi connectivity index (χ4n) is 5.27. The summed E-state index contributed by atoms with van der Waals surface area (Å²) < 4.78 is 6.81. The number of nitrogens with one attached hydrogen (secondary N) is 3. The molecule has 0 bridgehead atoms. The van der Waals surface area contributed by atoms with Crippen molar-refractivity contribution in [3.05, 3.63) is 104 Å². The standard InChI is InChI=1S/C34H40BrN3O6/c35-28-16-13-24(21-27(28)32(38-34(42)43)23-11-7-6-8-12-23)44-20-10-5-3-1-2-4-9-19-36-22-30(40)25-14-17-29(39)33-26(25)15-18-31(41)37-33/h6-8,11-18,21,30,32,36,38-40H,1-5,9-10,19-20,22H2,(H,37,41)(H,42,43)/t30-,32?/m1/s1. The van der Waals surface area contributed by atoms with Crippen LogP contribution in [-0.2, 0) is 0 Å². The maximum atomic E-state index is 11.6. The lowest BCUT2D eigenvalue weighted by atomic mass is 9.98. The van der Waals surface area contributed by atoms with E-state index >= 15 is 0 Å². The van der Waals surface area contributed by atoms with E-state index in [-0.39, 0.29) is 11.3 Å². The monoisotopic (exact) mass is 665 g/mol. The Morgan fingerprint density at radius 2 is 1.61 bits per heavy atom. The SMILES string of the molecule is O=C(O)NC(c1ccccc1)c1cc(OCCCCCCCCCNC[C@@H](O)c2ccc(O)c3[nH]c(=O)ccc23)ccc1Br. The lowest BCUT2D eigenvalue weighted by Gasteiger charge is -2.20. The third kappa shape index (κ3) is 9.57. The molecule has 0 saturated carbocycles. The van der Waals surface area contributed by atoms with Crippen LogP contribution in [0, 0.1) is 0 Å². The fraction of sp³-hybridized carbons (Fsp3) is 0.353. The highest BCUT2D eigenvalue weighted by atomic mass is 79.9. The van der Waals surface area contributed by atoms with Gasteiger partial charge in [0, 0.05) is 22.5 Å². The summed E-state index contributed by atoms with van der Waals surface area (Å²) in [5.74, 6) is 0.694. The normalized spacial score (nSPS) is 12.6. The Hall–Kier alpha value is -3.86. The number of phenolic OH excluding ortho intramolecular Hbond substituents is 1. The van der Waals surface area contributed by atoms with E-state index in [9.17, 15) is 24.9 Å². The molecular weight excluding hydrogens is 626 g/mol. The zero-order valence-corrected chi connectivity index (χ0v) is 26.2. The molecule has 0 aliphatic heterocycles. The van der Waals surface area contributed by atoms with Crippen molar-refractivity contribution < 1.29 is 24.9 Å². The van der Waals surface area contributed by atoms with Crippen LogP contribution in [0.3, 0.4) is 0 Å². The van der Waals surface area contributed by atoms with Gasteiger partial charge in [-0.05, 0) is 66.4 Å². The molecule has 0 saturated heterocycles. The summed E-state index contributed by atoms with van der Waals surface area (Å²) in [7, 11) is 0. The number of ether oxygens (including phenoxy) is 1. The molecular formula is C34H40BrN3O6. The summed E-state index contributed by atoms with van der Waals surface area (Å²) in [6, 6.07) is 20.8. The van der Waals surface area contributed by atoms with E-state index in [4.69, 9.17) is 4.74 Å². The summed E-state index contributed by atoms with van der Waals surface area (Å²) in [5, 5.41) is 36.6. The predicted octanol–water partition coefficient (Wildman–Crippen LogP) is 6.79. The lowest BCUT2D eigenvalue weighted by molar-refractivity contribution is 0.176. The van der Waals surface area contributed by atoms with Crippen molar-refractivity contribution in [1.82, 2.24) is 15.6 Å². The van der Waals surface area contributed by atoms with Gasteiger partial charge in [0.25, 0.3) is 0 Å². The van der Waals surface area contributed by atoms with Gasteiger partial charge in [-0.2, -0.15) is 0 Å². The third-order valence-electron chi connectivity index (χ3n) is 7.55. The molecule has 2 atom stereocenters. The predicted molar refractivity (Wildman–Crippen MR) is 175 cm³/mol. The molecule has 0 aliphatic rings. The number of aromatic hydroxyl groups is 1. The van der Waals surface area contributed by atoms with Crippen LogP contribution >= 0.6 is 15.9 Å². The molecule has 1 amide bonds. The number of hydrogen-bond donors (Lipinski definition) is 6. The summed E-state index contributed by atoms with van der Waals surface area (Å²) in [4.78, 5) is 25.7. The van der Waals surface area contributed by atoms with E-state index in [2.05, 4.69) is 31.5 Å². The number of carbonyl (C=O) groups is 1. The number of benzene rings is 3. The molecule has 1 aromatic heterocycles.